The number of nitrogen functional groups attached to an aromatic ring is 1. The van der Waals surface area contributed by atoms with Crippen LogP contribution in [0.15, 0.2) is 11.4 Å². The molecule has 2 atom stereocenters. The number of nitrogens with two attached hydrogens (primary N) is 2. The van der Waals surface area contributed by atoms with Crippen LogP contribution in [0.2, 0.25) is 0 Å². The van der Waals surface area contributed by atoms with Gasteiger partial charge in [0.2, 0.25) is 5.95 Å². The van der Waals surface area contributed by atoms with Gasteiger partial charge in [0, 0.05) is 6.42 Å². The van der Waals surface area contributed by atoms with Crippen LogP contribution in [0.3, 0.4) is 0 Å². The SMILES string of the molecule is C[S+](CC[C@H](N)C(=O)O)c1nc2nc(N)ncc2[nH]1. The molecule has 102 valence electrons. The Hall–Kier alpha value is -1.87. The highest BCUT2D eigenvalue weighted by atomic mass is 32.2. The third-order valence-corrected chi connectivity index (χ3v) is 4.32. The lowest BCUT2D eigenvalue weighted by Gasteiger charge is -2.03. The molecule has 0 saturated carbocycles. The van der Waals surface area contributed by atoms with E-state index in [4.69, 9.17) is 16.6 Å². The van der Waals surface area contributed by atoms with Gasteiger partial charge in [-0.15, -0.1) is 0 Å². The van der Waals surface area contributed by atoms with Crippen LogP contribution in [-0.4, -0.2) is 49.1 Å². The van der Waals surface area contributed by atoms with Gasteiger partial charge in [0.25, 0.3) is 0 Å². The van der Waals surface area contributed by atoms with Crippen LogP contribution in [0.4, 0.5) is 5.95 Å². The summed E-state index contributed by atoms with van der Waals surface area (Å²) in [7, 11) is -0.228. The molecular weight excluding hydrogens is 268 g/mol. The number of hydrogen-bond acceptors (Lipinski definition) is 6. The Balaban J connectivity index is 2.09. The summed E-state index contributed by atoms with van der Waals surface area (Å²) in [6, 6.07) is -0.838. The molecule has 6 N–H and O–H groups in total. The second-order valence-electron chi connectivity index (χ2n) is 4.08. The average Bonchev–Trinajstić information content (AvgIpc) is 2.78. The molecule has 2 aromatic rings. The normalized spacial score (nSPS) is 14.4. The zero-order valence-electron chi connectivity index (χ0n) is 10.3. The highest BCUT2D eigenvalue weighted by Gasteiger charge is 2.24. The third kappa shape index (κ3) is 3.12. The summed E-state index contributed by atoms with van der Waals surface area (Å²) in [6.45, 7) is 0. The largest absolute Gasteiger partial charge is 0.480 e. The van der Waals surface area contributed by atoms with Gasteiger partial charge in [0.1, 0.15) is 23.6 Å². The molecule has 2 rings (SSSR count). The Kier molecular flexibility index (Phi) is 3.86. The molecule has 0 aliphatic heterocycles. The number of carboxylic acids is 1. The lowest BCUT2D eigenvalue weighted by Crippen LogP contribution is -2.32. The average molecular weight is 283 g/mol. The van der Waals surface area contributed by atoms with Gasteiger partial charge in [-0.25, -0.2) is 4.98 Å². The first kappa shape index (κ1) is 13.6. The van der Waals surface area contributed by atoms with E-state index in [1.54, 1.807) is 6.20 Å². The topological polar surface area (TPSA) is 144 Å². The number of rotatable bonds is 5. The first-order valence-corrected chi connectivity index (χ1v) is 7.36. The first-order valence-electron chi connectivity index (χ1n) is 5.56. The van der Waals surface area contributed by atoms with Crippen molar-refractivity contribution in [1.82, 2.24) is 19.9 Å². The van der Waals surface area contributed by atoms with Gasteiger partial charge in [-0.1, -0.05) is 0 Å². The standard InChI is InChI=1S/C10H14N6O2S/c1-19(3-2-5(11)8(17)18)10-14-6-4-13-9(12)15-7(6)16-10/h4-5H,2-3,11H2,1H3,(H3-,12,13,14,15,16,17,18)/p+1/t5-,19?/m0/s1. The van der Waals surface area contributed by atoms with Crippen molar-refractivity contribution in [2.75, 3.05) is 17.7 Å². The van der Waals surface area contributed by atoms with Gasteiger partial charge < -0.3 is 16.6 Å². The first-order chi connectivity index (χ1) is 8.97. The number of carboxylic acid groups (broad SMARTS) is 1. The summed E-state index contributed by atoms with van der Waals surface area (Å²) in [5.74, 6) is -0.161. The number of aromatic amines is 1. The van der Waals surface area contributed by atoms with Gasteiger partial charge in [0.15, 0.2) is 5.65 Å². The van der Waals surface area contributed by atoms with E-state index in [0.29, 0.717) is 23.3 Å². The van der Waals surface area contributed by atoms with Crippen molar-refractivity contribution in [2.24, 2.45) is 5.73 Å². The molecule has 9 heteroatoms. The van der Waals surface area contributed by atoms with Crippen molar-refractivity contribution in [3.05, 3.63) is 6.20 Å². The van der Waals surface area contributed by atoms with Crippen molar-refractivity contribution in [3.8, 4) is 0 Å². The molecule has 19 heavy (non-hydrogen) atoms. The van der Waals surface area contributed by atoms with Crippen molar-refractivity contribution in [3.63, 3.8) is 0 Å². The number of nitrogens with one attached hydrogen (secondary N) is 1. The van der Waals surface area contributed by atoms with Crippen LogP contribution >= 0.6 is 0 Å². The summed E-state index contributed by atoms with van der Waals surface area (Å²) in [5, 5.41) is 9.49. The van der Waals surface area contributed by atoms with Crippen LogP contribution in [0.1, 0.15) is 6.42 Å². The number of aromatic nitrogens is 4. The highest BCUT2D eigenvalue weighted by molar-refractivity contribution is 7.96. The van der Waals surface area contributed by atoms with Gasteiger partial charge >= 0.3 is 11.1 Å². The minimum atomic E-state index is -0.986. The van der Waals surface area contributed by atoms with Crippen molar-refractivity contribution in [2.45, 2.75) is 17.6 Å². The minimum absolute atomic E-state index is 0.175. The molecule has 0 aliphatic rings. The Morgan fingerprint density at radius 3 is 3.00 bits per heavy atom. The molecule has 0 fully saturated rings. The fourth-order valence-electron chi connectivity index (χ4n) is 1.49. The molecule has 0 bridgehead atoms. The number of hydrogen-bond donors (Lipinski definition) is 4. The fourth-order valence-corrected chi connectivity index (χ4v) is 2.82. The summed E-state index contributed by atoms with van der Waals surface area (Å²) in [5.41, 5.74) is 12.2. The highest BCUT2D eigenvalue weighted by Crippen LogP contribution is 2.14. The Bertz CT molecular complexity index is 601. The molecule has 8 nitrogen and oxygen atoms in total. The molecule has 0 radical (unpaired) electrons. The molecule has 0 aliphatic carbocycles. The Labute approximate surface area is 112 Å². The van der Waals surface area contributed by atoms with Gasteiger partial charge in [0.05, 0.1) is 17.1 Å². The molecule has 2 heterocycles. The number of imidazole rings is 1. The summed E-state index contributed by atoms with van der Waals surface area (Å²) < 4.78 is 0. The maximum Gasteiger partial charge on any atom is 0.325 e. The lowest BCUT2D eigenvalue weighted by molar-refractivity contribution is -0.138. The van der Waals surface area contributed by atoms with Crippen molar-refractivity contribution in [1.29, 1.82) is 0 Å². The van der Waals surface area contributed by atoms with E-state index in [1.165, 1.54) is 0 Å². The maximum atomic E-state index is 10.6. The number of anilines is 1. The van der Waals surface area contributed by atoms with Crippen LogP contribution in [0, 0.1) is 0 Å². The third-order valence-electron chi connectivity index (χ3n) is 2.62. The predicted octanol–water partition coefficient (Wildman–Crippen LogP) is -0.656. The van der Waals surface area contributed by atoms with E-state index in [-0.39, 0.29) is 16.8 Å². The van der Waals surface area contributed by atoms with E-state index < -0.39 is 12.0 Å². The molecule has 0 aromatic carbocycles. The summed E-state index contributed by atoms with van der Waals surface area (Å²) in [4.78, 5) is 26.0. The molecule has 0 saturated heterocycles. The van der Waals surface area contributed by atoms with Crippen molar-refractivity contribution < 1.29 is 9.90 Å². The summed E-state index contributed by atoms with van der Waals surface area (Å²) >= 11 is 0. The Morgan fingerprint density at radius 2 is 2.32 bits per heavy atom. The van der Waals surface area contributed by atoms with Crippen LogP contribution in [0.25, 0.3) is 11.2 Å². The fraction of sp³-hybridized carbons (Fsp3) is 0.400. The van der Waals surface area contributed by atoms with Crippen LogP contribution in [0.5, 0.6) is 0 Å². The van der Waals surface area contributed by atoms with Crippen molar-refractivity contribution >= 4 is 34.0 Å². The minimum Gasteiger partial charge on any atom is -0.480 e. The Morgan fingerprint density at radius 1 is 1.58 bits per heavy atom. The molecule has 2 aromatic heterocycles. The molecule has 0 amide bonds. The van der Waals surface area contributed by atoms with Gasteiger partial charge in [-0.3, -0.25) is 9.78 Å². The van der Waals surface area contributed by atoms with Crippen LogP contribution in [-0.2, 0) is 15.7 Å². The van der Waals surface area contributed by atoms with E-state index in [9.17, 15) is 4.79 Å². The monoisotopic (exact) mass is 283 g/mol. The zero-order chi connectivity index (χ0) is 14.0. The number of fused-ring (bicyclic) bond motifs is 1. The molecule has 1 unspecified atom stereocenters. The quantitative estimate of drug-likeness (QED) is 0.533. The van der Waals surface area contributed by atoms with Gasteiger partial charge in [-0.2, -0.15) is 9.97 Å². The number of H-pyrrole nitrogens is 1. The molecular formula is C10H15N6O2S+. The zero-order valence-corrected chi connectivity index (χ0v) is 11.1. The van der Waals surface area contributed by atoms with Gasteiger partial charge in [-0.05, 0) is 0 Å². The molecule has 0 spiro atoms. The number of aliphatic carboxylic acids is 1. The second-order valence-corrected chi connectivity index (χ2v) is 6.15. The number of nitrogens with zero attached hydrogens (tertiary/aromatic N) is 3. The maximum absolute atomic E-state index is 10.6. The smallest absolute Gasteiger partial charge is 0.325 e. The second kappa shape index (κ2) is 5.41. The lowest BCUT2D eigenvalue weighted by atomic mass is 10.2. The van der Waals surface area contributed by atoms with E-state index >= 15 is 0 Å². The predicted molar refractivity (Wildman–Crippen MR) is 72.7 cm³/mol. The van der Waals surface area contributed by atoms with E-state index in [2.05, 4.69) is 19.9 Å². The number of carbonyl (C=O) groups is 1. The van der Waals surface area contributed by atoms with Crippen LogP contribution < -0.4 is 11.5 Å². The van der Waals surface area contributed by atoms with E-state index in [1.807, 2.05) is 6.26 Å². The van der Waals surface area contributed by atoms with E-state index in [0.717, 1.165) is 5.16 Å². The summed E-state index contributed by atoms with van der Waals surface area (Å²) in [6.07, 6.45) is 3.96.